The van der Waals surface area contributed by atoms with Gasteiger partial charge in [0.2, 0.25) is 0 Å². The molecule has 1 heterocycles. The molecule has 20 heavy (non-hydrogen) atoms. The number of hydrogen-bond acceptors (Lipinski definition) is 5. The van der Waals surface area contributed by atoms with Gasteiger partial charge in [-0.25, -0.2) is 4.79 Å². The van der Waals surface area contributed by atoms with Crippen molar-refractivity contribution in [2.75, 3.05) is 31.3 Å². The van der Waals surface area contributed by atoms with Gasteiger partial charge in [-0.15, -0.1) is 0 Å². The van der Waals surface area contributed by atoms with E-state index in [0.717, 1.165) is 12.1 Å². The Kier molecular flexibility index (Phi) is 4.63. The molecule has 0 aliphatic rings. The van der Waals surface area contributed by atoms with Crippen LogP contribution in [0.1, 0.15) is 15.9 Å². The topological polar surface area (TPSA) is 55.6 Å². The zero-order chi connectivity index (χ0) is 14.5. The molecule has 0 spiro atoms. The second-order valence-corrected chi connectivity index (χ2v) is 5.47. The van der Waals surface area contributed by atoms with E-state index in [1.807, 2.05) is 36.5 Å². The largest absolute Gasteiger partial charge is 0.462 e. The van der Waals surface area contributed by atoms with E-state index < -0.39 is 0 Å². The molecule has 0 fully saturated rings. The molecular formula is C15H18N2O2S. The van der Waals surface area contributed by atoms with Crippen molar-refractivity contribution < 1.29 is 9.53 Å². The highest BCUT2D eigenvalue weighted by molar-refractivity contribution is 7.07. The highest BCUT2D eigenvalue weighted by atomic mass is 32.1. The van der Waals surface area contributed by atoms with Crippen LogP contribution in [0.15, 0.2) is 35.0 Å². The number of benzene rings is 1. The normalized spacial score (nSPS) is 10.3. The van der Waals surface area contributed by atoms with Crippen molar-refractivity contribution >= 4 is 28.7 Å². The van der Waals surface area contributed by atoms with E-state index >= 15 is 0 Å². The van der Waals surface area contributed by atoms with Crippen LogP contribution in [0, 0.1) is 0 Å². The van der Waals surface area contributed by atoms with Crippen molar-refractivity contribution in [2.45, 2.75) is 6.42 Å². The third-order valence-corrected chi connectivity index (χ3v) is 3.68. The van der Waals surface area contributed by atoms with E-state index in [0.29, 0.717) is 17.9 Å². The number of carbonyl (C=O) groups is 1. The maximum Gasteiger partial charge on any atom is 0.338 e. The number of thiophene rings is 1. The van der Waals surface area contributed by atoms with Gasteiger partial charge in [-0.05, 0) is 40.6 Å². The fourth-order valence-corrected chi connectivity index (χ4v) is 2.57. The smallest absolute Gasteiger partial charge is 0.338 e. The average Bonchev–Trinajstić information content (AvgIpc) is 2.91. The molecule has 0 aliphatic heterocycles. The molecule has 0 bridgehead atoms. The molecule has 0 atom stereocenters. The van der Waals surface area contributed by atoms with Crippen LogP contribution in [0.3, 0.4) is 0 Å². The minimum Gasteiger partial charge on any atom is -0.462 e. The summed E-state index contributed by atoms with van der Waals surface area (Å²) in [6.07, 6.45) is 0.737. The summed E-state index contributed by atoms with van der Waals surface area (Å²) in [7, 11) is 3.81. The zero-order valence-corrected chi connectivity index (χ0v) is 12.4. The van der Waals surface area contributed by atoms with Gasteiger partial charge in [-0.2, -0.15) is 11.3 Å². The van der Waals surface area contributed by atoms with Crippen molar-refractivity contribution in [3.63, 3.8) is 0 Å². The van der Waals surface area contributed by atoms with Crippen molar-refractivity contribution in [3.05, 3.63) is 46.2 Å². The van der Waals surface area contributed by atoms with Crippen LogP contribution in [-0.4, -0.2) is 26.7 Å². The zero-order valence-electron chi connectivity index (χ0n) is 11.6. The number of nitrogen functional groups attached to an aromatic ring is 1. The Morgan fingerprint density at radius 3 is 2.75 bits per heavy atom. The van der Waals surface area contributed by atoms with E-state index in [4.69, 9.17) is 10.5 Å². The molecule has 106 valence electrons. The number of carbonyl (C=O) groups excluding carboxylic acids is 1. The van der Waals surface area contributed by atoms with Crippen LogP contribution in [0.4, 0.5) is 11.4 Å². The quantitative estimate of drug-likeness (QED) is 0.679. The lowest BCUT2D eigenvalue weighted by atomic mass is 10.1. The van der Waals surface area contributed by atoms with Crippen molar-refractivity contribution in [1.29, 1.82) is 0 Å². The third kappa shape index (κ3) is 3.51. The van der Waals surface area contributed by atoms with Crippen molar-refractivity contribution in [2.24, 2.45) is 0 Å². The Balaban J connectivity index is 1.94. The molecule has 4 nitrogen and oxygen atoms in total. The van der Waals surface area contributed by atoms with Crippen LogP contribution < -0.4 is 10.6 Å². The number of anilines is 2. The Hall–Kier alpha value is -2.01. The second kappa shape index (κ2) is 6.43. The summed E-state index contributed by atoms with van der Waals surface area (Å²) in [4.78, 5) is 13.8. The first-order valence-corrected chi connectivity index (χ1v) is 7.27. The molecule has 0 saturated heterocycles. The van der Waals surface area contributed by atoms with Crippen LogP contribution in [-0.2, 0) is 11.2 Å². The number of esters is 1. The summed E-state index contributed by atoms with van der Waals surface area (Å²) in [6.45, 7) is 0.380. The van der Waals surface area contributed by atoms with Gasteiger partial charge >= 0.3 is 5.97 Å². The monoisotopic (exact) mass is 290 g/mol. The molecule has 5 heteroatoms. The second-order valence-electron chi connectivity index (χ2n) is 4.69. The standard InChI is InChI=1S/C15H18N2O2S/c1-17(2)14-4-3-12(9-13(14)16)15(18)19-7-5-11-6-8-20-10-11/h3-4,6,8-10H,5,7,16H2,1-2H3. The Labute approximate surface area is 122 Å². The summed E-state index contributed by atoms with van der Waals surface area (Å²) >= 11 is 1.64. The van der Waals surface area contributed by atoms with Crippen molar-refractivity contribution in [1.82, 2.24) is 0 Å². The van der Waals surface area contributed by atoms with E-state index in [1.54, 1.807) is 23.5 Å². The van der Waals surface area contributed by atoms with Crippen LogP contribution >= 0.6 is 11.3 Å². The Morgan fingerprint density at radius 2 is 2.15 bits per heavy atom. The fraction of sp³-hybridized carbons (Fsp3) is 0.267. The number of nitrogens with zero attached hydrogens (tertiary/aromatic N) is 1. The van der Waals surface area contributed by atoms with Gasteiger partial charge in [0.15, 0.2) is 0 Å². The van der Waals surface area contributed by atoms with Crippen LogP contribution in [0.25, 0.3) is 0 Å². The predicted molar refractivity (Wildman–Crippen MR) is 83.5 cm³/mol. The molecule has 0 radical (unpaired) electrons. The lowest BCUT2D eigenvalue weighted by molar-refractivity contribution is 0.0509. The molecule has 0 amide bonds. The molecule has 0 aliphatic carbocycles. The lowest BCUT2D eigenvalue weighted by Gasteiger charge is -2.15. The minimum absolute atomic E-state index is 0.336. The first-order valence-electron chi connectivity index (χ1n) is 6.33. The van der Waals surface area contributed by atoms with E-state index in [1.165, 1.54) is 5.56 Å². The first-order chi connectivity index (χ1) is 9.58. The van der Waals surface area contributed by atoms with Gasteiger partial charge in [-0.3, -0.25) is 0 Å². The van der Waals surface area contributed by atoms with Gasteiger partial charge in [0.05, 0.1) is 23.5 Å². The molecule has 2 N–H and O–H groups in total. The maximum atomic E-state index is 11.9. The van der Waals surface area contributed by atoms with Gasteiger partial charge in [-0.1, -0.05) is 0 Å². The molecular weight excluding hydrogens is 272 g/mol. The number of rotatable bonds is 5. The number of nitrogens with two attached hydrogens (primary N) is 1. The van der Waals surface area contributed by atoms with Gasteiger partial charge in [0.25, 0.3) is 0 Å². The van der Waals surface area contributed by atoms with Gasteiger partial charge in [0, 0.05) is 20.5 Å². The first kappa shape index (κ1) is 14.4. The number of ether oxygens (including phenoxy) is 1. The van der Waals surface area contributed by atoms with Crippen molar-refractivity contribution in [3.8, 4) is 0 Å². The lowest BCUT2D eigenvalue weighted by Crippen LogP contribution is -2.13. The molecule has 2 rings (SSSR count). The molecule has 1 aromatic carbocycles. The molecule has 2 aromatic rings. The third-order valence-electron chi connectivity index (χ3n) is 2.95. The minimum atomic E-state index is -0.336. The summed E-state index contributed by atoms with van der Waals surface area (Å²) in [5, 5.41) is 4.07. The highest BCUT2D eigenvalue weighted by Crippen LogP contribution is 2.22. The average molecular weight is 290 g/mol. The van der Waals surface area contributed by atoms with Gasteiger partial charge < -0.3 is 15.4 Å². The van der Waals surface area contributed by atoms with Gasteiger partial charge in [0.1, 0.15) is 0 Å². The SMILES string of the molecule is CN(C)c1ccc(C(=O)OCCc2ccsc2)cc1N. The highest BCUT2D eigenvalue weighted by Gasteiger charge is 2.10. The summed E-state index contributed by atoms with van der Waals surface area (Å²) in [6, 6.07) is 7.24. The molecule has 0 unspecified atom stereocenters. The summed E-state index contributed by atoms with van der Waals surface area (Å²) in [5.41, 5.74) is 9.05. The van der Waals surface area contributed by atoms with Crippen LogP contribution in [0.5, 0.6) is 0 Å². The summed E-state index contributed by atoms with van der Waals surface area (Å²) in [5.74, 6) is -0.336. The van der Waals surface area contributed by atoms with Crippen LogP contribution in [0.2, 0.25) is 0 Å². The Morgan fingerprint density at radius 1 is 1.35 bits per heavy atom. The maximum absolute atomic E-state index is 11.9. The van der Waals surface area contributed by atoms with E-state index in [-0.39, 0.29) is 5.97 Å². The van der Waals surface area contributed by atoms with E-state index in [2.05, 4.69) is 5.38 Å². The number of hydrogen-bond donors (Lipinski definition) is 1. The molecule has 1 aromatic heterocycles. The molecule has 0 saturated carbocycles. The van der Waals surface area contributed by atoms with E-state index in [9.17, 15) is 4.79 Å². The predicted octanol–water partition coefficient (Wildman–Crippen LogP) is 2.80. The fourth-order valence-electron chi connectivity index (χ4n) is 1.87. The Bertz CT molecular complexity index is 580. The summed E-state index contributed by atoms with van der Waals surface area (Å²) < 4.78 is 5.25.